The standard InChI is InChI=1S/C14H20N2O3/c1-11-15-12(10-18-11)9-16-7-6-14(4-2-8-19-14)5-3-13(16)17/h10H,2-9H2,1H3/t14-/m0/s1. The van der Waals surface area contributed by atoms with Crippen molar-refractivity contribution >= 4 is 5.91 Å². The van der Waals surface area contributed by atoms with Crippen molar-refractivity contribution in [3.05, 3.63) is 17.8 Å². The van der Waals surface area contributed by atoms with Crippen LogP contribution < -0.4 is 0 Å². The van der Waals surface area contributed by atoms with E-state index in [0.29, 0.717) is 18.9 Å². The number of hydrogen-bond donors (Lipinski definition) is 0. The maximum absolute atomic E-state index is 12.2. The van der Waals surface area contributed by atoms with E-state index in [1.54, 1.807) is 6.26 Å². The first-order valence-corrected chi connectivity index (χ1v) is 7.00. The van der Waals surface area contributed by atoms with Crippen LogP contribution in [0.15, 0.2) is 10.7 Å². The highest BCUT2D eigenvalue weighted by Gasteiger charge is 2.38. The van der Waals surface area contributed by atoms with Gasteiger partial charge in [-0.3, -0.25) is 4.79 Å². The molecule has 0 N–H and O–H groups in total. The molecule has 0 radical (unpaired) electrons. The second kappa shape index (κ2) is 4.96. The van der Waals surface area contributed by atoms with Gasteiger partial charge in [0, 0.05) is 26.5 Å². The van der Waals surface area contributed by atoms with Crippen LogP contribution >= 0.6 is 0 Å². The Hall–Kier alpha value is -1.36. The van der Waals surface area contributed by atoms with E-state index in [0.717, 1.165) is 44.5 Å². The van der Waals surface area contributed by atoms with Crippen molar-refractivity contribution in [3.63, 3.8) is 0 Å². The van der Waals surface area contributed by atoms with Crippen LogP contribution in [0.5, 0.6) is 0 Å². The second-order valence-electron chi connectivity index (χ2n) is 5.56. The lowest BCUT2D eigenvalue weighted by molar-refractivity contribution is -0.131. The minimum Gasteiger partial charge on any atom is -0.449 e. The summed E-state index contributed by atoms with van der Waals surface area (Å²) in [5, 5.41) is 0. The van der Waals surface area contributed by atoms with E-state index in [1.165, 1.54) is 0 Å². The summed E-state index contributed by atoms with van der Waals surface area (Å²) in [7, 11) is 0. The first-order valence-electron chi connectivity index (χ1n) is 7.00. The zero-order chi connectivity index (χ0) is 13.3. The molecular weight excluding hydrogens is 244 g/mol. The molecule has 0 bridgehead atoms. The largest absolute Gasteiger partial charge is 0.449 e. The molecule has 2 aliphatic heterocycles. The molecule has 3 heterocycles. The minimum atomic E-state index is -0.0375. The first-order chi connectivity index (χ1) is 9.17. The van der Waals surface area contributed by atoms with Gasteiger partial charge < -0.3 is 14.1 Å². The van der Waals surface area contributed by atoms with Gasteiger partial charge in [-0.2, -0.15) is 0 Å². The van der Waals surface area contributed by atoms with Crippen LogP contribution in [0.25, 0.3) is 0 Å². The quantitative estimate of drug-likeness (QED) is 0.820. The Morgan fingerprint density at radius 1 is 1.42 bits per heavy atom. The average molecular weight is 264 g/mol. The van der Waals surface area contributed by atoms with Crippen molar-refractivity contribution in [1.82, 2.24) is 9.88 Å². The Morgan fingerprint density at radius 2 is 2.32 bits per heavy atom. The maximum atomic E-state index is 12.2. The molecule has 3 rings (SSSR count). The summed E-state index contributed by atoms with van der Waals surface area (Å²) in [6.45, 7) is 3.96. The number of oxazole rings is 1. The summed E-state index contributed by atoms with van der Waals surface area (Å²) >= 11 is 0. The molecule has 1 atom stereocenters. The Kier molecular flexibility index (Phi) is 3.31. The Morgan fingerprint density at radius 3 is 3.00 bits per heavy atom. The molecule has 0 aliphatic carbocycles. The molecule has 2 aliphatic rings. The summed E-state index contributed by atoms with van der Waals surface area (Å²) in [5.74, 6) is 0.848. The zero-order valence-electron chi connectivity index (χ0n) is 11.4. The Balaban J connectivity index is 1.67. The van der Waals surface area contributed by atoms with E-state index in [9.17, 15) is 4.79 Å². The predicted molar refractivity (Wildman–Crippen MR) is 68.4 cm³/mol. The fraction of sp³-hybridized carbons (Fsp3) is 0.714. The van der Waals surface area contributed by atoms with Crippen LogP contribution in [0.4, 0.5) is 0 Å². The Labute approximate surface area is 112 Å². The lowest BCUT2D eigenvalue weighted by atomic mass is 9.92. The smallest absolute Gasteiger partial charge is 0.223 e. The highest BCUT2D eigenvalue weighted by Crippen LogP contribution is 2.36. The number of hydrogen-bond acceptors (Lipinski definition) is 4. The van der Waals surface area contributed by atoms with Crippen molar-refractivity contribution in [1.29, 1.82) is 0 Å². The van der Waals surface area contributed by atoms with E-state index in [-0.39, 0.29) is 11.5 Å². The van der Waals surface area contributed by atoms with Crippen LogP contribution in [0.2, 0.25) is 0 Å². The van der Waals surface area contributed by atoms with Crippen molar-refractivity contribution in [2.75, 3.05) is 13.2 Å². The number of rotatable bonds is 2. The van der Waals surface area contributed by atoms with Gasteiger partial charge in [0.05, 0.1) is 17.8 Å². The third kappa shape index (κ3) is 2.66. The zero-order valence-corrected chi connectivity index (χ0v) is 11.4. The van der Waals surface area contributed by atoms with Crippen LogP contribution in [0, 0.1) is 6.92 Å². The molecule has 1 amide bonds. The predicted octanol–water partition coefficient (Wildman–Crippen LogP) is 2.04. The van der Waals surface area contributed by atoms with Crippen LogP contribution in [0.1, 0.15) is 43.7 Å². The fourth-order valence-corrected chi connectivity index (χ4v) is 3.07. The van der Waals surface area contributed by atoms with E-state index < -0.39 is 0 Å². The molecule has 2 saturated heterocycles. The highest BCUT2D eigenvalue weighted by molar-refractivity contribution is 5.76. The third-order valence-corrected chi connectivity index (χ3v) is 4.19. The second-order valence-corrected chi connectivity index (χ2v) is 5.56. The van der Waals surface area contributed by atoms with Gasteiger partial charge >= 0.3 is 0 Å². The average Bonchev–Trinajstić information content (AvgIpc) is 2.98. The van der Waals surface area contributed by atoms with E-state index in [4.69, 9.17) is 9.15 Å². The normalized spacial score (nSPS) is 28.1. The molecule has 1 spiro atoms. The van der Waals surface area contributed by atoms with Crippen molar-refractivity contribution in [3.8, 4) is 0 Å². The van der Waals surface area contributed by atoms with E-state index in [2.05, 4.69) is 4.98 Å². The van der Waals surface area contributed by atoms with Gasteiger partial charge in [-0.1, -0.05) is 0 Å². The van der Waals surface area contributed by atoms with Crippen molar-refractivity contribution in [2.45, 2.75) is 51.2 Å². The molecule has 0 aromatic carbocycles. The van der Waals surface area contributed by atoms with Gasteiger partial charge in [0.25, 0.3) is 0 Å². The molecule has 5 heteroatoms. The molecule has 0 saturated carbocycles. The van der Waals surface area contributed by atoms with Crippen molar-refractivity contribution < 1.29 is 13.9 Å². The van der Waals surface area contributed by atoms with E-state index in [1.807, 2.05) is 11.8 Å². The van der Waals surface area contributed by atoms with Gasteiger partial charge in [-0.15, -0.1) is 0 Å². The van der Waals surface area contributed by atoms with Gasteiger partial charge in [-0.05, 0) is 25.7 Å². The summed E-state index contributed by atoms with van der Waals surface area (Å²) in [6.07, 6.45) is 6.23. The molecule has 2 fully saturated rings. The fourth-order valence-electron chi connectivity index (χ4n) is 3.07. The molecule has 104 valence electrons. The summed E-state index contributed by atoms with van der Waals surface area (Å²) in [5.41, 5.74) is 0.790. The third-order valence-electron chi connectivity index (χ3n) is 4.19. The number of aryl methyl sites for hydroxylation is 1. The molecule has 19 heavy (non-hydrogen) atoms. The molecular formula is C14H20N2O3. The van der Waals surface area contributed by atoms with Crippen LogP contribution in [0.3, 0.4) is 0 Å². The molecule has 1 aromatic heterocycles. The molecule has 0 unspecified atom stereocenters. The van der Waals surface area contributed by atoms with Crippen molar-refractivity contribution in [2.24, 2.45) is 0 Å². The SMILES string of the molecule is Cc1nc(CN2CC[C@]3(CCCO3)CCC2=O)co1. The summed E-state index contributed by atoms with van der Waals surface area (Å²) in [6, 6.07) is 0. The number of carbonyl (C=O) groups is 1. The maximum Gasteiger partial charge on any atom is 0.223 e. The summed E-state index contributed by atoms with van der Waals surface area (Å²) < 4.78 is 11.1. The summed E-state index contributed by atoms with van der Waals surface area (Å²) in [4.78, 5) is 18.3. The first kappa shape index (κ1) is 12.7. The lowest BCUT2D eigenvalue weighted by Crippen LogP contribution is -2.32. The molecule has 1 aromatic rings. The highest BCUT2D eigenvalue weighted by atomic mass is 16.5. The van der Waals surface area contributed by atoms with Gasteiger partial charge in [0.15, 0.2) is 5.89 Å². The van der Waals surface area contributed by atoms with Gasteiger partial charge in [0.1, 0.15) is 6.26 Å². The molecule has 5 nitrogen and oxygen atoms in total. The lowest BCUT2D eigenvalue weighted by Gasteiger charge is -2.26. The number of ether oxygens (including phenoxy) is 1. The number of amides is 1. The monoisotopic (exact) mass is 264 g/mol. The number of nitrogens with zero attached hydrogens (tertiary/aromatic N) is 2. The van der Waals surface area contributed by atoms with E-state index >= 15 is 0 Å². The van der Waals surface area contributed by atoms with Crippen LogP contribution in [-0.2, 0) is 16.1 Å². The van der Waals surface area contributed by atoms with Gasteiger partial charge in [-0.25, -0.2) is 4.98 Å². The van der Waals surface area contributed by atoms with Crippen LogP contribution in [-0.4, -0.2) is 34.5 Å². The Bertz CT molecular complexity index is 463. The topological polar surface area (TPSA) is 55.6 Å². The number of likely N-dealkylation sites (tertiary alicyclic amines) is 1. The number of aromatic nitrogens is 1. The minimum absolute atomic E-state index is 0.0375. The van der Waals surface area contributed by atoms with Gasteiger partial charge in [0.2, 0.25) is 5.91 Å². The number of carbonyl (C=O) groups excluding carboxylic acids is 1.